The van der Waals surface area contributed by atoms with E-state index >= 15 is 0 Å². The smallest absolute Gasteiger partial charge is 0.305 e. The van der Waals surface area contributed by atoms with Crippen molar-refractivity contribution in [3.63, 3.8) is 0 Å². The van der Waals surface area contributed by atoms with Gasteiger partial charge in [0.1, 0.15) is 5.75 Å². The molecule has 1 rings (SSSR count). The van der Waals surface area contributed by atoms with Crippen molar-refractivity contribution < 1.29 is 19.4 Å². The predicted octanol–water partition coefficient (Wildman–Crippen LogP) is 2.26. The Bertz CT molecular complexity index is 517. The molecule has 0 radical (unpaired) electrons. The average Bonchev–Trinajstić information content (AvgIpc) is 2.35. The fourth-order valence-corrected chi connectivity index (χ4v) is 1.93. The maximum atomic E-state index is 11.6. The number of carboxylic acids is 1. The maximum absolute atomic E-state index is 11.6. The van der Waals surface area contributed by atoms with Gasteiger partial charge in [-0.15, -0.1) is 0 Å². The number of carboxylic acid groups (broad SMARTS) is 1. The molecule has 0 aliphatic rings. The van der Waals surface area contributed by atoms with Gasteiger partial charge in [-0.25, -0.2) is 0 Å². The number of aryl methyl sites for hydroxylation is 1. The maximum Gasteiger partial charge on any atom is 0.305 e. The van der Waals surface area contributed by atoms with Gasteiger partial charge in [-0.3, -0.25) is 9.59 Å². The monoisotopic (exact) mass is 293 g/mol. The highest BCUT2D eigenvalue weighted by atomic mass is 16.5. The third-order valence-corrected chi connectivity index (χ3v) is 3.03. The Balaban J connectivity index is 2.67. The van der Waals surface area contributed by atoms with Crippen molar-refractivity contribution in [3.05, 3.63) is 29.3 Å². The van der Waals surface area contributed by atoms with Crippen LogP contribution in [0.15, 0.2) is 18.2 Å². The molecule has 116 valence electrons. The van der Waals surface area contributed by atoms with Crippen molar-refractivity contribution in [1.82, 2.24) is 5.32 Å². The topological polar surface area (TPSA) is 75.6 Å². The molecule has 21 heavy (non-hydrogen) atoms. The van der Waals surface area contributed by atoms with Crippen molar-refractivity contribution in [1.29, 1.82) is 0 Å². The van der Waals surface area contributed by atoms with Crippen LogP contribution in [0.5, 0.6) is 5.75 Å². The summed E-state index contributed by atoms with van der Waals surface area (Å²) in [6.07, 6.45) is -0.0939. The second-order valence-electron chi connectivity index (χ2n) is 5.98. The van der Waals surface area contributed by atoms with Gasteiger partial charge in [0, 0.05) is 6.54 Å². The summed E-state index contributed by atoms with van der Waals surface area (Å²) < 4.78 is 5.65. The molecule has 0 saturated carbocycles. The first kappa shape index (κ1) is 17.0. The van der Waals surface area contributed by atoms with E-state index in [1.807, 2.05) is 25.1 Å². The number of benzene rings is 1. The molecular formula is C16H23NO4. The number of nitrogens with one attached hydrogen (secondary N) is 1. The van der Waals surface area contributed by atoms with E-state index in [9.17, 15) is 9.59 Å². The number of hydrogen-bond donors (Lipinski definition) is 2. The van der Waals surface area contributed by atoms with Gasteiger partial charge in [0.25, 0.3) is 5.91 Å². The minimum absolute atomic E-state index is 0.0822. The standard InChI is InChI=1S/C16H23NO4/c1-11-6-5-7-12(16(2,3)4)15(11)21-10-13(18)17-9-8-14(19)20/h5-7H,8-10H2,1-4H3,(H,17,18)(H,19,20). The number of hydrogen-bond acceptors (Lipinski definition) is 3. The summed E-state index contributed by atoms with van der Waals surface area (Å²) >= 11 is 0. The van der Waals surface area contributed by atoms with Crippen molar-refractivity contribution in [2.45, 2.75) is 39.5 Å². The predicted molar refractivity (Wildman–Crippen MR) is 80.6 cm³/mol. The fourth-order valence-electron chi connectivity index (χ4n) is 1.93. The van der Waals surface area contributed by atoms with Crippen molar-refractivity contribution in [2.24, 2.45) is 0 Å². The molecule has 2 N–H and O–H groups in total. The molecular weight excluding hydrogens is 270 g/mol. The van der Waals surface area contributed by atoms with Crippen LogP contribution in [0.3, 0.4) is 0 Å². The summed E-state index contributed by atoms with van der Waals surface area (Å²) in [7, 11) is 0. The minimum Gasteiger partial charge on any atom is -0.483 e. The van der Waals surface area contributed by atoms with E-state index < -0.39 is 5.97 Å². The number of rotatable bonds is 6. The van der Waals surface area contributed by atoms with E-state index in [4.69, 9.17) is 9.84 Å². The van der Waals surface area contributed by atoms with E-state index in [0.29, 0.717) is 0 Å². The van der Waals surface area contributed by atoms with Crippen LogP contribution in [0.25, 0.3) is 0 Å². The quantitative estimate of drug-likeness (QED) is 0.843. The van der Waals surface area contributed by atoms with Crippen LogP contribution in [-0.4, -0.2) is 30.1 Å². The molecule has 0 fully saturated rings. The molecule has 5 heteroatoms. The van der Waals surface area contributed by atoms with Gasteiger partial charge in [-0.1, -0.05) is 39.0 Å². The largest absolute Gasteiger partial charge is 0.483 e. The number of amides is 1. The van der Waals surface area contributed by atoms with Crippen molar-refractivity contribution >= 4 is 11.9 Å². The molecule has 0 unspecified atom stereocenters. The summed E-state index contributed by atoms with van der Waals surface area (Å²) in [5.74, 6) is -0.539. The van der Waals surface area contributed by atoms with Gasteiger partial charge in [-0.2, -0.15) is 0 Å². The van der Waals surface area contributed by atoms with Crippen LogP contribution in [0.1, 0.15) is 38.3 Å². The molecule has 0 aliphatic carbocycles. The van der Waals surface area contributed by atoms with Gasteiger partial charge in [-0.05, 0) is 23.5 Å². The van der Waals surface area contributed by atoms with E-state index in [2.05, 4.69) is 26.1 Å². The second-order valence-corrected chi connectivity index (χ2v) is 5.98. The Labute approximate surface area is 125 Å². The normalized spacial score (nSPS) is 11.0. The van der Waals surface area contributed by atoms with Crippen LogP contribution in [0, 0.1) is 6.92 Å². The first-order valence-electron chi connectivity index (χ1n) is 6.93. The van der Waals surface area contributed by atoms with Gasteiger partial charge in [0.2, 0.25) is 0 Å². The lowest BCUT2D eigenvalue weighted by Crippen LogP contribution is -2.31. The summed E-state index contributed by atoms with van der Waals surface area (Å²) in [5, 5.41) is 11.0. The second kappa shape index (κ2) is 7.11. The van der Waals surface area contributed by atoms with Gasteiger partial charge >= 0.3 is 5.97 Å². The summed E-state index contributed by atoms with van der Waals surface area (Å²) in [6, 6.07) is 5.90. The first-order valence-corrected chi connectivity index (χ1v) is 6.93. The molecule has 1 amide bonds. The Morgan fingerprint density at radius 1 is 1.29 bits per heavy atom. The Hall–Kier alpha value is -2.04. The minimum atomic E-state index is -0.940. The Morgan fingerprint density at radius 3 is 2.52 bits per heavy atom. The van der Waals surface area contributed by atoms with Gasteiger partial charge in [0.05, 0.1) is 6.42 Å². The van der Waals surface area contributed by atoms with Gasteiger partial charge < -0.3 is 15.2 Å². The lowest BCUT2D eigenvalue weighted by molar-refractivity contribution is -0.137. The zero-order valence-electron chi connectivity index (χ0n) is 13.0. The molecule has 0 aromatic heterocycles. The lowest BCUT2D eigenvalue weighted by Gasteiger charge is -2.24. The fraction of sp³-hybridized carbons (Fsp3) is 0.500. The number of ether oxygens (including phenoxy) is 1. The summed E-state index contributed by atoms with van der Waals surface area (Å²) in [5.41, 5.74) is 1.93. The Morgan fingerprint density at radius 2 is 1.95 bits per heavy atom. The third-order valence-electron chi connectivity index (χ3n) is 3.03. The van der Waals surface area contributed by atoms with Crippen LogP contribution in [0.2, 0.25) is 0 Å². The van der Waals surface area contributed by atoms with E-state index in [1.54, 1.807) is 0 Å². The summed E-state index contributed by atoms with van der Waals surface area (Å²) in [4.78, 5) is 22.0. The lowest BCUT2D eigenvalue weighted by atomic mass is 9.85. The SMILES string of the molecule is Cc1cccc(C(C)(C)C)c1OCC(=O)NCCC(=O)O. The average molecular weight is 293 g/mol. The Kier molecular flexibility index (Phi) is 5.76. The number of carbonyl (C=O) groups excluding carboxylic acids is 1. The van der Waals surface area contributed by atoms with E-state index in [-0.39, 0.29) is 30.9 Å². The molecule has 0 spiro atoms. The summed E-state index contributed by atoms with van der Waals surface area (Å²) in [6.45, 7) is 8.18. The molecule has 0 bridgehead atoms. The van der Waals surface area contributed by atoms with Crippen LogP contribution < -0.4 is 10.1 Å². The zero-order chi connectivity index (χ0) is 16.0. The number of carbonyl (C=O) groups is 2. The third kappa shape index (κ3) is 5.45. The van der Waals surface area contributed by atoms with Gasteiger partial charge in [0.15, 0.2) is 6.61 Å². The molecule has 0 atom stereocenters. The molecule has 0 aliphatic heterocycles. The van der Waals surface area contributed by atoms with Crippen LogP contribution in [0.4, 0.5) is 0 Å². The molecule has 5 nitrogen and oxygen atoms in total. The van der Waals surface area contributed by atoms with Crippen molar-refractivity contribution in [2.75, 3.05) is 13.2 Å². The highest BCUT2D eigenvalue weighted by Crippen LogP contribution is 2.33. The first-order chi connectivity index (χ1) is 9.71. The van der Waals surface area contributed by atoms with Crippen LogP contribution in [-0.2, 0) is 15.0 Å². The van der Waals surface area contributed by atoms with E-state index in [1.165, 1.54) is 0 Å². The van der Waals surface area contributed by atoms with Crippen molar-refractivity contribution in [3.8, 4) is 5.75 Å². The van der Waals surface area contributed by atoms with E-state index in [0.717, 1.165) is 16.9 Å². The number of para-hydroxylation sites is 1. The highest BCUT2D eigenvalue weighted by Gasteiger charge is 2.20. The molecule has 0 saturated heterocycles. The highest BCUT2D eigenvalue weighted by molar-refractivity contribution is 5.78. The molecule has 0 heterocycles. The number of aliphatic carboxylic acids is 1. The molecule has 1 aromatic rings. The van der Waals surface area contributed by atoms with Crippen LogP contribution >= 0.6 is 0 Å². The molecule has 1 aromatic carbocycles. The zero-order valence-corrected chi connectivity index (χ0v) is 13.0.